The lowest BCUT2D eigenvalue weighted by atomic mass is 9.97. The van der Waals surface area contributed by atoms with Gasteiger partial charge in [0, 0.05) is 25.3 Å². The molecule has 6 heteroatoms. The molecule has 112 valence electrons. The van der Waals surface area contributed by atoms with Gasteiger partial charge in [-0.05, 0) is 44.7 Å². The Morgan fingerprint density at radius 2 is 2.15 bits per heavy atom. The highest BCUT2D eigenvalue weighted by Gasteiger charge is 2.22. The molecule has 1 aromatic heterocycles. The maximum atomic E-state index is 5.54. The average molecular weight is 296 g/mol. The molecule has 2 aliphatic rings. The van der Waals surface area contributed by atoms with Gasteiger partial charge in [0.1, 0.15) is 5.82 Å². The molecule has 1 aromatic rings. The summed E-state index contributed by atoms with van der Waals surface area (Å²) in [6.45, 7) is 4.04. The van der Waals surface area contributed by atoms with Gasteiger partial charge in [-0.3, -0.25) is 0 Å². The molecule has 3 heterocycles. The molecule has 0 saturated carbocycles. The summed E-state index contributed by atoms with van der Waals surface area (Å²) in [4.78, 5) is 0. The van der Waals surface area contributed by atoms with Crippen molar-refractivity contribution in [3.05, 3.63) is 5.82 Å². The highest BCUT2D eigenvalue weighted by molar-refractivity contribution is 7.99. The number of piperidine rings is 1. The standard InChI is InChI=1S/C14H24N4OS/c1-18-13(12-4-6-15-7-5-12)16-17-14(18)20-10-11-3-2-8-19-9-11/h11-12,15H,2-10H2,1H3. The van der Waals surface area contributed by atoms with E-state index in [0.29, 0.717) is 11.8 Å². The molecule has 1 unspecified atom stereocenters. The third-order valence-electron chi connectivity index (χ3n) is 4.28. The molecule has 0 aromatic carbocycles. The van der Waals surface area contributed by atoms with Gasteiger partial charge in [-0.2, -0.15) is 0 Å². The van der Waals surface area contributed by atoms with Crippen molar-refractivity contribution >= 4 is 11.8 Å². The van der Waals surface area contributed by atoms with E-state index >= 15 is 0 Å². The first-order chi connectivity index (χ1) is 9.84. The maximum absolute atomic E-state index is 5.54. The van der Waals surface area contributed by atoms with Gasteiger partial charge >= 0.3 is 0 Å². The Kier molecular flexibility index (Phi) is 4.96. The zero-order valence-corrected chi connectivity index (χ0v) is 13.0. The van der Waals surface area contributed by atoms with Crippen LogP contribution in [0.3, 0.4) is 0 Å². The summed E-state index contributed by atoms with van der Waals surface area (Å²) < 4.78 is 7.74. The predicted molar refractivity (Wildman–Crippen MR) is 80.1 cm³/mol. The van der Waals surface area contributed by atoms with E-state index in [0.717, 1.165) is 43.0 Å². The third-order valence-corrected chi connectivity index (χ3v) is 5.53. The first-order valence-corrected chi connectivity index (χ1v) is 8.63. The van der Waals surface area contributed by atoms with Crippen LogP contribution in [0.15, 0.2) is 5.16 Å². The van der Waals surface area contributed by atoms with E-state index in [1.807, 2.05) is 11.8 Å². The van der Waals surface area contributed by atoms with E-state index < -0.39 is 0 Å². The fraction of sp³-hybridized carbons (Fsp3) is 0.857. The van der Waals surface area contributed by atoms with Gasteiger partial charge < -0.3 is 14.6 Å². The van der Waals surface area contributed by atoms with Crippen molar-refractivity contribution in [3.63, 3.8) is 0 Å². The molecule has 0 radical (unpaired) electrons. The predicted octanol–water partition coefficient (Wildman–Crippen LogP) is 1.80. The first kappa shape index (κ1) is 14.4. The van der Waals surface area contributed by atoms with Gasteiger partial charge in [-0.25, -0.2) is 0 Å². The van der Waals surface area contributed by atoms with Crippen molar-refractivity contribution < 1.29 is 4.74 Å². The summed E-state index contributed by atoms with van der Waals surface area (Å²) in [7, 11) is 2.11. The highest BCUT2D eigenvalue weighted by atomic mass is 32.2. The van der Waals surface area contributed by atoms with Crippen LogP contribution in [0, 0.1) is 5.92 Å². The SMILES string of the molecule is Cn1c(SCC2CCCOC2)nnc1C1CCNCC1. The van der Waals surface area contributed by atoms with Crippen molar-refractivity contribution in [1.82, 2.24) is 20.1 Å². The first-order valence-electron chi connectivity index (χ1n) is 7.65. The van der Waals surface area contributed by atoms with Crippen LogP contribution in [-0.4, -0.2) is 46.8 Å². The third kappa shape index (κ3) is 3.35. The van der Waals surface area contributed by atoms with Gasteiger partial charge in [-0.15, -0.1) is 10.2 Å². The van der Waals surface area contributed by atoms with Crippen LogP contribution in [0.1, 0.15) is 37.4 Å². The van der Waals surface area contributed by atoms with Crippen molar-refractivity contribution in [1.29, 1.82) is 0 Å². The number of aromatic nitrogens is 3. The molecule has 0 aliphatic carbocycles. The zero-order chi connectivity index (χ0) is 13.8. The fourth-order valence-corrected chi connectivity index (χ4v) is 4.05. The van der Waals surface area contributed by atoms with E-state index in [9.17, 15) is 0 Å². The van der Waals surface area contributed by atoms with Gasteiger partial charge in [0.2, 0.25) is 0 Å². The van der Waals surface area contributed by atoms with E-state index in [2.05, 4.69) is 27.1 Å². The molecule has 2 aliphatic heterocycles. The lowest BCUT2D eigenvalue weighted by molar-refractivity contribution is 0.0632. The summed E-state index contributed by atoms with van der Waals surface area (Å²) in [5.41, 5.74) is 0. The lowest BCUT2D eigenvalue weighted by Crippen LogP contribution is -2.27. The van der Waals surface area contributed by atoms with Crippen molar-refractivity contribution in [2.24, 2.45) is 13.0 Å². The topological polar surface area (TPSA) is 52.0 Å². The van der Waals surface area contributed by atoms with E-state index in [4.69, 9.17) is 4.74 Å². The Morgan fingerprint density at radius 1 is 1.30 bits per heavy atom. The Morgan fingerprint density at radius 3 is 2.90 bits per heavy atom. The fourth-order valence-electron chi connectivity index (χ4n) is 3.02. The van der Waals surface area contributed by atoms with E-state index in [1.54, 1.807) is 0 Å². The van der Waals surface area contributed by atoms with Crippen LogP contribution in [-0.2, 0) is 11.8 Å². The minimum atomic E-state index is 0.570. The molecule has 1 atom stereocenters. The van der Waals surface area contributed by atoms with Gasteiger partial charge in [0.25, 0.3) is 0 Å². The minimum absolute atomic E-state index is 0.570. The van der Waals surface area contributed by atoms with E-state index in [-0.39, 0.29) is 0 Å². The number of hydrogen-bond donors (Lipinski definition) is 1. The summed E-state index contributed by atoms with van der Waals surface area (Å²) in [5.74, 6) is 3.50. The molecule has 5 nitrogen and oxygen atoms in total. The summed E-state index contributed by atoms with van der Waals surface area (Å²) >= 11 is 1.83. The highest BCUT2D eigenvalue weighted by Crippen LogP contribution is 2.28. The van der Waals surface area contributed by atoms with Crippen LogP contribution < -0.4 is 5.32 Å². The molecular weight excluding hydrogens is 272 g/mol. The number of rotatable bonds is 4. The number of ether oxygens (including phenoxy) is 1. The Balaban J connectivity index is 1.58. The molecule has 0 bridgehead atoms. The molecule has 2 fully saturated rings. The molecule has 20 heavy (non-hydrogen) atoms. The van der Waals surface area contributed by atoms with Crippen molar-refractivity contribution in [3.8, 4) is 0 Å². The van der Waals surface area contributed by atoms with Crippen LogP contribution in [0.5, 0.6) is 0 Å². The molecule has 0 amide bonds. The maximum Gasteiger partial charge on any atom is 0.190 e. The zero-order valence-electron chi connectivity index (χ0n) is 12.2. The summed E-state index contributed by atoms with van der Waals surface area (Å²) in [5, 5.41) is 13.3. The number of hydrogen-bond acceptors (Lipinski definition) is 5. The second-order valence-corrected chi connectivity index (χ2v) is 6.81. The normalized spacial score (nSPS) is 24.9. The Hall–Kier alpha value is -0.590. The van der Waals surface area contributed by atoms with Gasteiger partial charge in [-0.1, -0.05) is 11.8 Å². The van der Waals surface area contributed by atoms with E-state index in [1.165, 1.54) is 25.7 Å². The number of nitrogens with zero attached hydrogens (tertiary/aromatic N) is 3. The van der Waals surface area contributed by atoms with Crippen LogP contribution in [0.25, 0.3) is 0 Å². The van der Waals surface area contributed by atoms with Crippen molar-refractivity contribution in [2.75, 3.05) is 32.1 Å². The van der Waals surface area contributed by atoms with Crippen LogP contribution >= 0.6 is 11.8 Å². The molecule has 1 N–H and O–H groups in total. The monoisotopic (exact) mass is 296 g/mol. The second kappa shape index (κ2) is 6.91. The number of thioether (sulfide) groups is 1. The Bertz CT molecular complexity index is 425. The minimum Gasteiger partial charge on any atom is -0.381 e. The largest absolute Gasteiger partial charge is 0.381 e. The molecule has 3 rings (SSSR count). The Labute approximate surface area is 124 Å². The lowest BCUT2D eigenvalue weighted by Gasteiger charge is -2.22. The molecule has 0 spiro atoms. The molecule has 2 saturated heterocycles. The van der Waals surface area contributed by atoms with Gasteiger partial charge in [0.15, 0.2) is 5.16 Å². The van der Waals surface area contributed by atoms with Crippen molar-refractivity contribution in [2.45, 2.75) is 36.8 Å². The quantitative estimate of drug-likeness (QED) is 0.859. The second-order valence-electron chi connectivity index (χ2n) is 5.82. The number of nitrogens with one attached hydrogen (secondary N) is 1. The van der Waals surface area contributed by atoms with Gasteiger partial charge in [0.05, 0.1) is 6.61 Å². The van der Waals surface area contributed by atoms with Crippen LogP contribution in [0.4, 0.5) is 0 Å². The smallest absolute Gasteiger partial charge is 0.190 e. The molecular formula is C14H24N4OS. The average Bonchev–Trinajstić information content (AvgIpc) is 2.88. The van der Waals surface area contributed by atoms with Crippen LogP contribution in [0.2, 0.25) is 0 Å². The summed E-state index contributed by atoms with van der Waals surface area (Å²) in [6, 6.07) is 0. The summed E-state index contributed by atoms with van der Waals surface area (Å²) in [6.07, 6.45) is 4.83.